The second-order valence-electron chi connectivity index (χ2n) is 9.27. The number of hydrogen-bond acceptors (Lipinski definition) is 6. The van der Waals surface area contributed by atoms with Crippen LogP contribution in [0.1, 0.15) is 29.5 Å². The Labute approximate surface area is 226 Å². The standard InChI is InChI=1S/C22H28N2O2.2C2HF3O2/c1-18-4-2-3-5-20(18)14-24-16-22(17-24)21(9-13-26-22)8-12-25-15-19-6-10-23-11-7-19;2*3-2(4,5)1(6)7/h2-7,10-11,21H,8-9,12-17H2,1H3;2*(H,6,7). The Kier molecular flexibility index (Phi) is 11.9. The number of carboxylic acid groups (broad SMARTS) is 2. The van der Waals surface area contributed by atoms with Gasteiger partial charge in [0.05, 0.1) is 12.2 Å². The Morgan fingerprint density at radius 2 is 1.57 bits per heavy atom. The van der Waals surface area contributed by atoms with Gasteiger partial charge in [-0.1, -0.05) is 24.3 Å². The first-order valence-electron chi connectivity index (χ1n) is 12.1. The third-order valence-corrected chi connectivity index (χ3v) is 6.35. The molecule has 0 saturated carbocycles. The zero-order valence-electron chi connectivity index (χ0n) is 21.5. The summed E-state index contributed by atoms with van der Waals surface area (Å²) in [6.45, 7) is 7.70. The molecule has 0 radical (unpaired) electrons. The number of alkyl halides is 6. The molecule has 2 aliphatic rings. The molecular weight excluding hydrogens is 550 g/mol. The van der Waals surface area contributed by atoms with Gasteiger partial charge in [0, 0.05) is 45.2 Å². The van der Waals surface area contributed by atoms with Gasteiger partial charge in [0.2, 0.25) is 0 Å². The van der Waals surface area contributed by atoms with Crippen LogP contribution in [0.4, 0.5) is 26.3 Å². The summed E-state index contributed by atoms with van der Waals surface area (Å²) in [6.07, 6.45) is -4.29. The average Bonchev–Trinajstić information content (AvgIpc) is 3.27. The van der Waals surface area contributed by atoms with Gasteiger partial charge in [-0.05, 0) is 54.5 Å². The van der Waals surface area contributed by atoms with Crippen LogP contribution in [-0.2, 0) is 32.2 Å². The number of aliphatic carboxylic acids is 2. The van der Waals surface area contributed by atoms with Crippen LogP contribution in [0.2, 0.25) is 0 Å². The van der Waals surface area contributed by atoms with Gasteiger partial charge >= 0.3 is 24.3 Å². The Hall–Kier alpha value is -3.23. The average molecular weight is 581 g/mol. The van der Waals surface area contributed by atoms with Crippen LogP contribution in [0.25, 0.3) is 0 Å². The van der Waals surface area contributed by atoms with Crippen molar-refractivity contribution in [2.24, 2.45) is 5.92 Å². The molecule has 8 nitrogen and oxygen atoms in total. The van der Waals surface area contributed by atoms with Crippen molar-refractivity contribution in [1.82, 2.24) is 9.88 Å². The second kappa shape index (κ2) is 14.4. The number of likely N-dealkylation sites (tertiary alicyclic amines) is 1. The van der Waals surface area contributed by atoms with Gasteiger partial charge in [0.25, 0.3) is 0 Å². The fourth-order valence-electron chi connectivity index (χ4n) is 4.29. The van der Waals surface area contributed by atoms with E-state index in [0.717, 1.165) is 45.7 Å². The third kappa shape index (κ3) is 10.4. The Bertz CT molecular complexity index is 1070. The molecule has 1 aromatic heterocycles. The molecule has 40 heavy (non-hydrogen) atoms. The normalized spacial score (nSPS) is 18.1. The summed E-state index contributed by atoms with van der Waals surface area (Å²) in [7, 11) is 0. The highest BCUT2D eigenvalue weighted by Crippen LogP contribution is 2.42. The van der Waals surface area contributed by atoms with E-state index >= 15 is 0 Å². The van der Waals surface area contributed by atoms with Crippen LogP contribution in [0.3, 0.4) is 0 Å². The zero-order valence-corrected chi connectivity index (χ0v) is 21.5. The maximum Gasteiger partial charge on any atom is 0.490 e. The van der Waals surface area contributed by atoms with Crippen molar-refractivity contribution >= 4 is 11.9 Å². The summed E-state index contributed by atoms with van der Waals surface area (Å²) < 4.78 is 75.6. The second-order valence-corrected chi connectivity index (χ2v) is 9.27. The van der Waals surface area contributed by atoms with Crippen LogP contribution in [0, 0.1) is 12.8 Å². The van der Waals surface area contributed by atoms with E-state index in [2.05, 4.69) is 41.1 Å². The van der Waals surface area contributed by atoms with Crippen molar-refractivity contribution in [3.8, 4) is 0 Å². The zero-order chi connectivity index (χ0) is 30.0. The molecule has 2 aliphatic heterocycles. The van der Waals surface area contributed by atoms with E-state index in [4.69, 9.17) is 29.3 Å². The first-order chi connectivity index (χ1) is 18.6. The van der Waals surface area contributed by atoms with Crippen molar-refractivity contribution in [2.75, 3.05) is 26.3 Å². The van der Waals surface area contributed by atoms with Gasteiger partial charge in [-0.15, -0.1) is 0 Å². The van der Waals surface area contributed by atoms with E-state index in [-0.39, 0.29) is 5.60 Å². The van der Waals surface area contributed by atoms with Gasteiger partial charge in [0.1, 0.15) is 0 Å². The van der Waals surface area contributed by atoms with Crippen LogP contribution >= 0.6 is 0 Å². The third-order valence-electron chi connectivity index (χ3n) is 6.35. The van der Waals surface area contributed by atoms with Gasteiger partial charge in [-0.2, -0.15) is 26.3 Å². The summed E-state index contributed by atoms with van der Waals surface area (Å²) in [4.78, 5) is 24.3. The molecule has 0 amide bonds. The minimum atomic E-state index is -5.08. The fourth-order valence-corrected chi connectivity index (χ4v) is 4.29. The predicted octanol–water partition coefficient (Wildman–Crippen LogP) is 4.85. The lowest BCUT2D eigenvalue weighted by molar-refractivity contribution is -0.193. The minimum Gasteiger partial charge on any atom is -0.475 e. The van der Waals surface area contributed by atoms with E-state index in [1.165, 1.54) is 16.7 Å². The lowest BCUT2D eigenvalue weighted by atomic mass is 9.79. The molecule has 1 spiro atoms. The quantitative estimate of drug-likeness (QED) is 0.353. The Morgan fingerprint density at radius 1 is 1.02 bits per heavy atom. The van der Waals surface area contributed by atoms with Crippen molar-refractivity contribution in [2.45, 2.75) is 50.9 Å². The summed E-state index contributed by atoms with van der Waals surface area (Å²) >= 11 is 0. The number of rotatable bonds is 7. The maximum absolute atomic E-state index is 10.6. The monoisotopic (exact) mass is 580 g/mol. The number of hydrogen-bond donors (Lipinski definition) is 2. The summed E-state index contributed by atoms with van der Waals surface area (Å²) in [5.74, 6) is -4.90. The summed E-state index contributed by atoms with van der Waals surface area (Å²) in [5.41, 5.74) is 4.06. The molecule has 1 aromatic carbocycles. The maximum atomic E-state index is 10.6. The lowest BCUT2D eigenvalue weighted by Crippen LogP contribution is -2.64. The number of ether oxygens (including phenoxy) is 2. The highest BCUT2D eigenvalue weighted by molar-refractivity contribution is 5.73. The van der Waals surface area contributed by atoms with Gasteiger partial charge < -0.3 is 19.7 Å². The minimum absolute atomic E-state index is 0.0721. The van der Waals surface area contributed by atoms with Crippen molar-refractivity contribution < 1.29 is 55.6 Å². The number of carboxylic acids is 2. The molecule has 2 aromatic rings. The first-order valence-corrected chi connectivity index (χ1v) is 12.1. The van der Waals surface area contributed by atoms with E-state index in [1.807, 2.05) is 24.5 Å². The Morgan fingerprint density at radius 3 is 2.10 bits per heavy atom. The van der Waals surface area contributed by atoms with Crippen LogP contribution < -0.4 is 0 Å². The largest absolute Gasteiger partial charge is 0.490 e. The summed E-state index contributed by atoms with van der Waals surface area (Å²) in [5, 5.41) is 14.2. The highest BCUT2D eigenvalue weighted by Gasteiger charge is 2.52. The highest BCUT2D eigenvalue weighted by atomic mass is 19.4. The molecule has 1 atom stereocenters. The molecule has 14 heteroatoms. The number of aromatic nitrogens is 1. The van der Waals surface area contributed by atoms with E-state index in [1.54, 1.807) is 0 Å². The number of halogens is 6. The number of benzene rings is 1. The molecule has 0 bridgehead atoms. The first kappa shape index (κ1) is 33.0. The van der Waals surface area contributed by atoms with Crippen molar-refractivity contribution in [3.63, 3.8) is 0 Å². The van der Waals surface area contributed by atoms with Crippen LogP contribution in [0.5, 0.6) is 0 Å². The van der Waals surface area contributed by atoms with Crippen molar-refractivity contribution in [1.29, 1.82) is 0 Å². The lowest BCUT2D eigenvalue weighted by Gasteiger charge is -2.50. The van der Waals surface area contributed by atoms with Gasteiger partial charge in [0.15, 0.2) is 0 Å². The predicted molar refractivity (Wildman–Crippen MR) is 129 cm³/mol. The molecule has 2 N–H and O–H groups in total. The molecule has 2 fully saturated rings. The van der Waals surface area contributed by atoms with E-state index in [0.29, 0.717) is 12.5 Å². The summed E-state index contributed by atoms with van der Waals surface area (Å²) in [6, 6.07) is 12.7. The molecule has 222 valence electrons. The number of pyridine rings is 1. The smallest absolute Gasteiger partial charge is 0.475 e. The fraction of sp³-hybridized carbons (Fsp3) is 0.500. The van der Waals surface area contributed by atoms with E-state index in [9.17, 15) is 26.3 Å². The number of nitrogens with zero attached hydrogens (tertiary/aromatic N) is 2. The number of aryl methyl sites for hydroxylation is 1. The SMILES string of the molecule is Cc1ccccc1CN1CC2(C1)OCCC2CCOCc1ccncc1.O=C(O)C(F)(F)F.O=C(O)C(F)(F)F. The molecular formula is C26H30F6N2O6. The topological polar surface area (TPSA) is 109 Å². The molecule has 0 aliphatic carbocycles. The molecule has 3 heterocycles. The molecule has 4 rings (SSSR count). The van der Waals surface area contributed by atoms with Crippen LogP contribution in [-0.4, -0.2) is 76.3 Å². The van der Waals surface area contributed by atoms with Crippen molar-refractivity contribution in [3.05, 3.63) is 65.5 Å². The van der Waals surface area contributed by atoms with E-state index < -0.39 is 24.3 Å². The van der Waals surface area contributed by atoms with Gasteiger partial charge in [-0.25, -0.2) is 9.59 Å². The molecule has 2 saturated heterocycles. The Balaban J connectivity index is 0.000000333. The van der Waals surface area contributed by atoms with Gasteiger partial charge in [-0.3, -0.25) is 9.88 Å². The van der Waals surface area contributed by atoms with Crippen LogP contribution in [0.15, 0.2) is 48.8 Å². The number of carbonyl (C=O) groups is 2. The molecule has 1 unspecified atom stereocenters.